The van der Waals surface area contributed by atoms with E-state index in [0.717, 1.165) is 32.5 Å². The molecule has 8 nitrogen and oxygen atoms in total. The van der Waals surface area contributed by atoms with Gasteiger partial charge in [-0.05, 0) is 64.6 Å². The summed E-state index contributed by atoms with van der Waals surface area (Å²) in [5.74, 6) is 1.55. The van der Waals surface area contributed by atoms with Gasteiger partial charge in [0.1, 0.15) is 29.9 Å². The van der Waals surface area contributed by atoms with E-state index in [0.29, 0.717) is 58.7 Å². The molecular weight excluding hydrogens is 451 g/mol. The van der Waals surface area contributed by atoms with Crippen molar-refractivity contribution in [1.82, 2.24) is 20.4 Å². The molecule has 3 heterocycles. The molecular formula is C26H33FN4O4. The summed E-state index contributed by atoms with van der Waals surface area (Å²) in [6.07, 6.45) is 2.68. The summed E-state index contributed by atoms with van der Waals surface area (Å²) < 4.78 is 32.2. The van der Waals surface area contributed by atoms with E-state index in [4.69, 9.17) is 14.0 Å². The molecule has 1 aliphatic heterocycles. The number of aryl methyl sites for hydroxylation is 3. The molecule has 2 N–H and O–H groups in total. The summed E-state index contributed by atoms with van der Waals surface area (Å²) >= 11 is 0. The highest BCUT2D eigenvalue weighted by Gasteiger charge is 2.24. The second kappa shape index (κ2) is 11.7. The molecule has 188 valence electrons. The molecule has 4 rings (SSSR count). The van der Waals surface area contributed by atoms with Gasteiger partial charge in [0.15, 0.2) is 11.6 Å². The van der Waals surface area contributed by atoms with Crippen LogP contribution in [-0.2, 0) is 11.2 Å². The topological polar surface area (TPSA) is 103 Å². The van der Waals surface area contributed by atoms with Gasteiger partial charge in [-0.2, -0.15) is 0 Å². The number of rotatable bonds is 10. The fourth-order valence-corrected chi connectivity index (χ4v) is 4.36. The first-order chi connectivity index (χ1) is 17.0. The molecule has 9 heteroatoms. The Bertz CT molecular complexity index is 1110. The number of halogens is 1. The first-order valence-electron chi connectivity index (χ1n) is 12.1. The second-order valence-corrected chi connectivity index (χ2v) is 9.00. The van der Waals surface area contributed by atoms with Crippen LogP contribution in [0, 0.1) is 25.6 Å². The Morgan fingerprint density at radius 1 is 1.23 bits per heavy atom. The van der Waals surface area contributed by atoms with Gasteiger partial charge >= 0.3 is 0 Å². The number of aliphatic hydroxyl groups excluding tert-OH is 1. The first kappa shape index (κ1) is 25.2. The summed E-state index contributed by atoms with van der Waals surface area (Å²) in [6.45, 7) is 5.61. The molecule has 0 spiro atoms. The van der Waals surface area contributed by atoms with Crippen LogP contribution in [0.4, 0.5) is 4.39 Å². The van der Waals surface area contributed by atoms with Crippen LogP contribution in [0.3, 0.4) is 0 Å². The van der Waals surface area contributed by atoms with E-state index in [9.17, 15) is 5.11 Å². The van der Waals surface area contributed by atoms with Crippen molar-refractivity contribution in [2.45, 2.75) is 45.6 Å². The minimum absolute atomic E-state index is 0.148. The lowest BCUT2D eigenvalue weighted by Gasteiger charge is -2.22. The Balaban J connectivity index is 1.67. The van der Waals surface area contributed by atoms with Crippen molar-refractivity contribution in [3.63, 3.8) is 0 Å². The molecule has 3 aromatic rings. The number of nitrogens with zero attached hydrogens (tertiary/aromatic N) is 3. The van der Waals surface area contributed by atoms with Gasteiger partial charge in [0.05, 0.1) is 17.0 Å². The maximum atomic E-state index is 15.7. The number of benzene rings is 1. The zero-order valence-electron chi connectivity index (χ0n) is 20.5. The summed E-state index contributed by atoms with van der Waals surface area (Å²) in [4.78, 5) is 9.25. The van der Waals surface area contributed by atoms with E-state index >= 15 is 4.39 Å². The number of aromatic nitrogens is 3. The number of hydrogen-bond acceptors (Lipinski definition) is 8. The average molecular weight is 485 g/mol. The molecule has 1 unspecified atom stereocenters. The maximum Gasteiger partial charge on any atom is 0.171 e. The lowest BCUT2D eigenvalue weighted by atomic mass is 9.93. The van der Waals surface area contributed by atoms with E-state index in [1.807, 2.05) is 12.1 Å². The van der Waals surface area contributed by atoms with E-state index in [-0.39, 0.29) is 12.3 Å². The average Bonchev–Trinajstić information content (AvgIpc) is 3.20. The highest BCUT2D eigenvalue weighted by Crippen LogP contribution is 2.32. The monoisotopic (exact) mass is 484 g/mol. The lowest BCUT2D eigenvalue weighted by Crippen LogP contribution is -2.29. The molecule has 1 atom stereocenters. The number of likely N-dealkylation sites (N-methyl/N-ethyl adjacent to an activating group) is 1. The van der Waals surface area contributed by atoms with Gasteiger partial charge in [-0.15, -0.1) is 0 Å². The van der Waals surface area contributed by atoms with Gasteiger partial charge in [0, 0.05) is 25.3 Å². The molecule has 2 aromatic heterocycles. The summed E-state index contributed by atoms with van der Waals surface area (Å²) in [6, 6.07) is 7.31. The standard InChI is InChI=1S/C26H33FN4O4/c1-16-23(17(2)35-31-16)25-24(27)22(8-7-18-9-11-33-12-10-18)29-26(30-25)19-5-4-6-21(13-19)34-15-20(32)14-28-3/h4-6,13,18,20,28,32H,7-12,14-15H2,1-3H3. The second-order valence-electron chi connectivity index (χ2n) is 9.00. The summed E-state index contributed by atoms with van der Waals surface area (Å²) in [5.41, 5.74) is 2.42. The van der Waals surface area contributed by atoms with E-state index in [1.165, 1.54) is 0 Å². The lowest BCUT2D eigenvalue weighted by molar-refractivity contribution is 0.0639. The fraction of sp³-hybridized carbons (Fsp3) is 0.500. The fourth-order valence-electron chi connectivity index (χ4n) is 4.36. The number of nitrogens with one attached hydrogen (secondary N) is 1. The normalized spacial score (nSPS) is 15.3. The zero-order chi connectivity index (χ0) is 24.8. The highest BCUT2D eigenvalue weighted by atomic mass is 19.1. The molecule has 0 amide bonds. The van der Waals surface area contributed by atoms with Gasteiger partial charge in [-0.25, -0.2) is 14.4 Å². The minimum atomic E-state index is -0.631. The minimum Gasteiger partial charge on any atom is -0.491 e. The molecule has 1 aliphatic rings. The largest absolute Gasteiger partial charge is 0.491 e. The number of aliphatic hydroxyl groups is 1. The predicted octanol–water partition coefficient (Wildman–Crippen LogP) is 3.87. The van der Waals surface area contributed by atoms with E-state index < -0.39 is 11.9 Å². The molecule has 0 aliphatic carbocycles. The van der Waals surface area contributed by atoms with Crippen LogP contribution in [0.5, 0.6) is 5.75 Å². The molecule has 0 bridgehead atoms. The van der Waals surface area contributed by atoms with Crippen LogP contribution in [0.25, 0.3) is 22.6 Å². The highest BCUT2D eigenvalue weighted by molar-refractivity contribution is 5.68. The number of ether oxygens (including phenoxy) is 2. The Kier molecular flexibility index (Phi) is 8.43. The molecule has 0 saturated carbocycles. The summed E-state index contributed by atoms with van der Waals surface area (Å²) in [7, 11) is 1.77. The van der Waals surface area contributed by atoms with Crippen LogP contribution < -0.4 is 10.1 Å². The van der Waals surface area contributed by atoms with E-state index in [1.54, 1.807) is 33.0 Å². The van der Waals surface area contributed by atoms with Crippen LogP contribution >= 0.6 is 0 Å². The van der Waals surface area contributed by atoms with E-state index in [2.05, 4.69) is 20.4 Å². The number of hydrogen-bond donors (Lipinski definition) is 2. The first-order valence-corrected chi connectivity index (χ1v) is 12.1. The third-order valence-electron chi connectivity index (χ3n) is 6.29. The van der Waals surface area contributed by atoms with Gasteiger partial charge in [0.2, 0.25) is 0 Å². The van der Waals surface area contributed by atoms with Crippen molar-refractivity contribution in [3.05, 3.63) is 47.2 Å². The van der Waals surface area contributed by atoms with Crippen molar-refractivity contribution < 1.29 is 23.5 Å². The molecule has 0 radical (unpaired) electrons. The predicted molar refractivity (Wildman–Crippen MR) is 130 cm³/mol. The van der Waals surface area contributed by atoms with Gasteiger partial charge in [0.25, 0.3) is 0 Å². The van der Waals surface area contributed by atoms with Crippen LogP contribution in [0.15, 0.2) is 28.8 Å². The van der Waals surface area contributed by atoms with Crippen molar-refractivity contribution in [3.8, 4) is 28.4 Å². The van der Waals surface area contributed by atoms with Gasteiger partial charge in [-0.1, -0.05) is 17.3 Å². The van der Waals surface area contributed by atoms with Crippen molar-refractivity contribution in [2.24, 2.45) is 5.92 Å². The Hall–Kier alpha value is -2.88. The van der Waals surface area contributed by atoms with Crippen molar-refractivity contribution in [1.29, 1.82) is 0 Å². The molecule has 1 fully saturated rings. The van der Waals surface area contributed by atoms with Crippen LogP contribution in [0.2, 0.25) is 0 Å². The molecule has 35 heavy (non-hydrogen) atoms. The Morgan fingerprint density at radius 2 is 2.03 bits per heavy atom. The zero-order valence-corrected chi connectivity index (χ0v) is 20.5. The van der Waals surface area contributed by atoms with Crippen molar-refractivity contribution in [2.75, 3.05) is 33.4 Å². The van der Waals surface area contributed by atoms with Crippen molar-refractivity contribution >= 4 is 0 Å². The third kappa shape index (κ3) is 6.22. The Morgan fingerprint density at radius 3 is 2.74 bits per heavy atom. The van der Waals surface area contributed by atoms with Gasteiger partial charge in [-0.3, -0.25) is 0 Å². The SMILES string of the molecule is CNCC(O)COc1cccc(-c2nc(CCC3CCOCC3)c(F)c(-c3c(C)noc3C)n2)c1. The van der Waals surface area contributed by atoms with Crippen LogP contribution in [0.1, 0.15) is 36.4 Å². The maximum absolute atomic E-state index is 15.7. The quantitative estimate of drug-likeness (QED) is 0.447. The third-order valence-corrected chi connectivity index (χ3v) is 6.29. The van der Waals surface area contributed by atoms with Gasteiger partial charge < -0.3 is 24.4 Å². The molecule has 1 saturated heterocycles. The summed E-state index contributed by atoms with van der Waals surface area (Å²) in [5, 5.41) is 16.8. The molecule has 1 aromatic carbocycles. The van der Waals surface area contributed by atoms with Crippen LogP contribution in [-0.4, -0.2) is 59.7 Å². The smallest absolute Gasteiger partial charge is 0.171 e. The Labute approximate surface area is 204 Å².